The highest BCUT2D eigenvalue weighted by Crippen LogP contribution is 2.35. The van der Waals surface area contributed by atoms with Gasteiger partial charge in [-0.05, 0) is 18.1 Å². The summed E-state index contributed by atoms with van der Waals surface area (Å²) in [5.41, 5.74) is 2.10. The molecule has 6 nitrogen and oxygen atoms in total. The number of rotatable bonds is 6. The molecule has 2 aromatic rings. The van der Waals surface area contributed by atoms with E-state index in [2.05, 4.69) is 5.32 Å². The second-order valence-corrected chi connectivity index (χ2v) is 6.27. The van der Waals surface area contributed by atoms with Crippen LogP contribution in [0.1, 0.15) is 26.4 Å². The van der Waals surface area contributed by atoms with E-state index >= 15 is 0 Å². The Kier molecular flexibility index (Phi) is 6.08. The number of carbonyl (C=O) groups is 3. The van der Waals surface area contributed by atoms with Crippen LogP contribution in [0.5, 0.6) is 0 Å². The number of ether oxygens (including phenoxy) is 1. The Morgan fingerprint density at radius 2 is 1.88 bits per heavy atom. The van der Waals surface area contributed by atoms with Gasteiger partial charge in [0.05, 0.1) is 12.7 Å². The Labute approximate surface area is 148 Å². The number of hydrogen-bond donors (Lipinski definition) is 2. The molecule has 0 fully saturated rings. The number of carboxylic acid groups (broad SMARTS) is 1. The molecule has 0 aliphatic rings. The quantitative estimate of drug-likeness (QED) is 0.611. The van der Waals surface area contributed by atoms with Gasteiger partial charge in [0, 0.05) is 23.5 Å². The molecular weight excluding hydrogens is 342 g/mol. The molecule has 0 aliphatic carbocycles. The van der Waals surface area contributed by atoms with Crippen LogP contribution in [0.4, 0.5) is 5.00 Å². The molecule has 0 saturated carbocycles. The molecular formula is C18H17NO5S. The summed E-state index contributed by atoms with van der Waals surface area (Å²) in [6.45, 7) is 1.80. The second-order valence-electron chi connectivity index (χ2n) is 5.17. The fraction of sp³-hybridized carbons (Fsp3) is 0.167. The van der Waals surface area contributed by atoms with Gasteiger partial charge in [-0.25, -0.2) is 9.59 Å². The summed E-state index contributed by atoms with van der Waals surface area (Å²) in [5.74, 6) is -2.40. The second kappa shape index (κ2) is 8.25. The minimum atomic E-state index is -1.23. The maximum absolute atomic E-state index is 12.1. The van der Waals surface area contributed by atoms with Gasteiger partial charge in [-0.2, -0.15) is 0 Å². The number of carbonyl (C=O) groups excluding carboxylic acids is 2. The lowest BCUT2D eigenvalue weighted by molar-refractivity contribution is -0.131. The summed E-state index contributed by atoms with van der Waals surface area (Å²) >= 11 is 1.27. The number of amides is 1. The van der Waals surface area contributed by atoms with Crippen LogP contribution in [-0.2, 0) is 20.7 Å². The van der Waals surface area contributed by atoms with Crippen molar-refractivity contribution in [2.24, 2.45) is 0 Å². The molecule has 0 spiro atoms. The molecule has 0 bridgehead atoms. The van der Waals surface area contributed by atoms with Crippen LogP contribution in [0.2, 0.25) is 0 Å². The van der Waals surface area contributed by atoms with Crippen LogP contribution >= 0.6 is 11.3 Å². The lowest BCUT2D eigenvalue weighted by atomic mass is 10.1. The van der Waals surface area contributed by atoms with Crippen molar-refractivity contribution in [1.29, 1.82) is 0 Å². The molecule has 1 heterocycles. The van der Waals surface area contributed by atoms with E-state index in [-0.39, 0.29) is 5.56 Å². The number of benzene rings is 1. The third kappa shape index (κ3) is 4.77. The zero-order valence-corrected chi connectivity index (χ0v) is 14.6. The summed E-state index contributed by atoms with van der Waals surface area (Å²) in [4.78, 5) is 35.4. The Morgan fingerprint density at radius 3 is 2.48 bits per heavy atom. The Balaban J connectivity index is 2.34. The predicted octanol–water partition coefficient (Wildman–Crippen LogP) is 3.01. The van der Waals surface area contributed by atoms with Crippen LogP contribution in [0.15, 0.2) is 42.5 Å². The van der Waals surface area contributed by atoms with Gasteiger partial charge in [0.15, 0.2) is 0 Å². The number of nitrogens with one attached hydrogen (secondary N) is 1. The highest BCUT2D eigenvalue weighted by molar-refractivity contribution is 7.17. The number of carboxylic acids is 1. The summed E-state index contributed by atoms with van der Waals surface area (Å²) in [7, 11) is 1.27. The third-order valence-corrected chi connectivity index (χ3v) is 4.66. The van der Waals surface area contributed by atoms with E-state index < -0.39 is 17.8 Å². The molecule has 130 valence electrons. The van der Waals surface area contributed by atoms with Gasteiger partial charge < -0.3 is 15.2 Å². The van der Waals surface area contributed by atoms with Gasteiger partial charge in [-0.3, -0.25) is 4.79 Å². The number of aliphatic carboxylic acids is 1. The van der Waals surface area contributed by atoms with Crippen molar-refractivity contribution >= 4 is 34.2 Å². The molecule has 1 amide bonds. The normalized spacial score (nSPS) is 10.6. The maximum Gasteiger partial charge on any atom is 0.341 e. The SMILES string of the molecule is COC(=O)c1c(NC(=O)/C=C/C(=O)O)sc(Cc2ccccc2)c1C. The lowest BCUT2D eigenvalue weighted by Crippen LogP contribution is -2.12. The van der Waals surface area contributed by atoms with E-state index in [4.69, 9.17) is 9.84 Å². The average Bonchev–Trinajstić information content (AvgIpc) is 2.88. The van der Waals surface area contributed by atoms with Crippen LogP contribution < -0.4 is 5.32 Å². The molecule has 7 heteroatoms. The molecule has 1 aromatic heterocycles. The number of methoxy groups -OCH3 is 1. The molecule has 2 rings (SSSR count). The number of hydrogen-bond acceptors (Lipinski definition) is 5. The van der Waals surface area contributed by atoms with Crippen molar-refractivity contribution in [3.63, 3.8) is 0 Å². The van der Waals surface area contributed by atoms with Crippen LogP contribution in [0, 0.1) is 6.92 Å². The first kappa shape index (κ1) is 18.4. The number of thiophene rings is 1. The Hall–Kier alpha value is -2.93. The van der Waals surface area contributed by atoms with Gasteiger partial charge in [0.2, 0.25) is 5.91 Å². The number of anilines is 1. The van der Waals surface area contributed by atoms with Crippen molar-refractivity contribution in [3.05, 3.63) is 64.1 Å². The maximum atomic E-state index is 12.1. The van der Waals surface area contributed by atoms with Crippen molar-refractivity contribution in [3.8, 4) is 0 Å². The molecule has 0 radical (unpaired) electrons. The van der Waals surface area contributed by atoms with Crippen LogP contribution in [0.25, 0.3) is 0 Å². The first-order valence-corrected chi connectivity index (χ1v) is 8.20. The first-order chi connectivity index (χ1) is 11.9. The van der Waals surface area contributed by atoms with Gasteiger partial charge in [0.1, 0.15) is 5.00 Å². The van der Waals surface area contributed by atoms with Crippen LogP contribution in [0.3, 0.4) is 0 Å². The zero-order chi connectivity index (χ0) is 18.4. The summed E-state index contributed by atoms with van der Waals surface area (Å²) in [6, 6.07) is 9.73. The summed E-state index contributed by atoms with van der Waals surface area (Å²) in [5, 5.41) is 11.5. The van der Waals surface area contributed by atoms with Gasteiger partial charge in [-0.1, -0.05) is 30.3 Å². The Morgan fingerprint density at radius 1 is 1.20 bits per heavy atom. The van der Waals surface area contributed by atoms with Crippen LogP contribution in [-0.4, -0.2) is 30.1 Å². The van der Waals surface area contributed by atoms with E-state index in [0.29, 0.717) is 11.4 Å². The zero-order valence-electron chi connectivity index (χ0n) is 13.7. The van der Waals surface area contributed by atoms with E-state index in [0.717, 1.165) is 28.2 Å². The van der Waals surface area contributed by atoms with Crippen molar-refractivity contribution in [2.45, 2.75) is 13.3 Å². The third-order valence-electron chi connectivity index (χ3n) is 3.46. The monoisotopic (exact) mass is 359 g/mol. The molecule has 2 N–H and O–H groups in total. The summed E-state index contributed by atoms with van der Waals surface area (Å²) in [6.07, 6.45) is 2.25. The molecule has 25 heavy (non-hydrogen) atoms. The minimum Gasteiger partial charge on any atom is -0.478 e. The van der Waals surface area contributed by atoms with Gasteiger partial charge in [-0.15, -0.1) is 11.3 Å². The minimum absolute atomic E-state index is 0.288. The van der Waals surface area contributed by atoms with E-state index in [9.17, 15) is 14.4 Å². The topological polar surface area (TPSA) is 92.7 Å². The van der Waals surface area contributed by atoms with E-state index in [1.807, 2.05) is 30.3 Å². The number of esters is 1. The Bertz CT molecular complexity index is 823. The molecule has 0 unspecified atom stereocenters. The van der Waals surface area contributed by atoms with E-state index in [1.54, 1.807) is 6.92 Å². The van der Waals surface area contributed by atoms with Gasteiger partial charge >= 0.3 is 11.9 Å². The largest absolute Gasteiger partial charge is 0.478 e. The molecule has 1 aromatic carbocycles. The highest BCUT2D eigenvalue weighted by atomic mass is 32.1. The average molecular weight is 359 g/mol. The predicted molar refractivity (Wildman–Crippen MR) is 95.0 cm³/mol. The molecule has 0 aliphatic heterocycles. The van der Waals surface area contributed by atoms with Crippen molar-refractivity contribution in [2.75, 3.05) is 12.4 Å². The van der Waals surface area contributed by atoms with Crippen molar-refractivity contribution in [1.82, 2.24) is 0 Å². The smallest absolute Gasteiger partial charge is 0.341 e. The fourth-order valence-electron chi connectivity index (χ4n) is 2.25. The first-order valence-electron chi connectivity index (χ1n) is 7.39. The van der Waals surface area contributed by atoms with E-state index in [1.165, 1.54) is 18.4 Å². The summed E-state index contributed by atoms with van der Waals surface area (Å²) < 4.78 is 4.81. The van der Waals surface area contributed by atoms with Crippen molar-refractivity contribution < 1.29 is 24.2 Å². The standard InChI is InChI=1S/C18H17NO5S/c1-11-13(10-12-6-4-3-5-7-12)25-17(16(11)18(23)24-2)19-14(20)8-9-15(21)22/h3-9H,10H2,1-2H3,(H,19,20)(H,21,22)/b9-8+. The van der Waals surface area contributed by atoms with Gasteiger partial charge in [0.25, 0.3) is 0 Å². The molecule has 0 saturated heterocycles. The fourth-order valence-corrected chi connectivity index (χ4v) is 3.48. The lowest BCUT2D eigenvalue weighted by Gasteiger charge is -2.04. The highest BCUT2D eigenvalue weighted by Gasteiger charge is 2.22. The molecule has 0 atom stereocenters.